The Labute approximate surface area is 691 Å². The van der Waals surface area contributed by atoms with Crippen LogP contribution in [-0.4, -0.2) is 257 Å². The Morgan fingerprint density at radius 2 is 1.19 bits per heavy atom. The number of aliphatic hydroxyl groups is 2. The van der Waals surface area contributed by atoms with Gasteiger partial charge in [0.25, 0.3) is 5.91 Å². The predicted molar refractivity (Wildman–Crippen MR) is 446 cm³/mol. The minimum Gasteiger partial charge on any atom is -0.391 e. The van der Waals surface area contributed by atoms with Crippen LogP contribution in [0.1, 0.15) is 106 Å². The fraction of sp³-hybridized carbons (Fsp3) is 0.494. The molecule has 12 atom stereocenters. The van der Waals surface area contributed by atoms with Crippen molar-refractivity contribution in [1.82, 2.24) is 83.5 Å². The van der Waals surface area contributed by atoms with E-state index in [9.17, 15) is 67.7 Å². The molecule has 0 radical (unpaired) electrons. The number of fused-ring (bicyclic) bond motifs is 1. The van der Waals surface area contributed by atoms with Crippen LogP contribution in [0, 0.1) is 5.92 Å². The molecule has 0 unspecified atom stereocenters. The van der Waals surface area contributed by atoms with Crippen LogP contribution in [0.3, 0.4) is 0 Å². The fourth-order valence-corrected chi connectivity index (χ4v) is 15.0. The number of hydrogen-bond acceptors (Lipinski definition) is 26. The summed E-state index contributed by atoms with van der Waals surface area (Å²) in [6.07, 6.45) is -0.438. The summed E-state index contributed by atoms with van der Waals surface area (Å²) in [6.45, 7) is 4.66. The third-order valence-electron chi connectivity index (χ3n) is 18.4. The molecule has 6 rings (SSSR count). The summed E-state index contributed by atoms with van der Waals surface area (Å²) in [7, 11) is 4.49. The number of amides is 13. The van der Waals surface area contributed by atoms with Gasteiger partial charge in [-0.3, -0.25) is 62.5 Å². The van der Waals surface area contributed by atoms with Gasteiger partial charge in [-0.1, -0.05) is 95.7 Å². The molecule has 2 aromatic heterocycles. The molecule has 40 heteroatoms. The highest BCUT2D eigenvalue weighted by atomic mass is 33.1. The van der Waals surface area contributed by atoms with E-state index >= 15 is 4.79 Å². The predicted octanol–water partition coefficient (Wildman–Crippen LogP) is -2.72. The van der Waals surface area contributed by atoms with Crippen LogP contribution in [0.5, 0.6) is 0 Å². The lowest BCUT2D eigenvalue weighted by atomic mass is 10.00. The molecule has 0 bridgehead atoms. The van der Waals surface area contributed by atoms with Gasteiger partial charge in [-0.05, 0) is 158 Å². The quantitative estimate of drug-likeness (QED) is 0.0142. The average Bonchev–Trinajstić information content (AvgIpc) is 1.63. The SMILES string of the molecule is CNC(=O)c1ccccc1Sc1ccc2c(/C=C/c3ccccn3)nn(C(=O)N(CCSSCCN)CCC(=O)N[C@@H](CCN)C(=O)N[C@H](C(=O)N[C@@H](CCN)C(=O)N[C@H]3CCNC(=O)[C@H]([C@@H](C)O)NC(=O)[C@H](CCN)NC(=O)[C@H](CCN)NC(=O)[C@H](CC(C)C)NC(=O)[C@@H](Cc4ccccc4)NC(=O)[C@H](CCN)NC3=O)[C@@H](C)O)c2c1. The molecule has 3 aromatic carbocycles. The maximum atomic E-state index is 15.1. The van der Waals surface area contributed by atoms with E-state index in [1.54, 1.807) is 105 Å². The van der Waals surface area contributed by atoms with E-state index in [1.807, 2.05) is 18.2 Å². The van der Waals surface area contributed by atoms with E-state index in [4.69, 9.17) is 39.5 Å². The van der Waals surface area contributed by atoms with E-state index < -0.39 is 157 Å². The molecule has 1 saturated heterocycles. The number of pyridine rings is 1. The van der Waals surface area contributed by atoms with E-state index in [0.29, 0.717) is 61.3 Å². The van der Waals surface area contributed by atoms with Crippen molar-refractivity contribution >= 4 is 133 Å². The van der Waals surface area contributed by atoms with Crippen LogP contribution in [-0.2, 0) is 59.2 Å². The second kappa shape index (κ2) is 49.8. The normalized spacial score (nSPS) is 19.5. The summed E-state index contributed by atoms with van der Waals surface area (Å²) in [5.74, 6) is -10.1. The number of nitrogens with one attached hydrogen (secondary N) is 12. The largest absolute Gasteiger partial charge is 0.391 e. The van der Waals surface area contributed by atoms with E-state index in [0.717, 1.165) is 6.92 Å². The third-order valence-corrected chi connectivity index (χ3v) is 21.8. The monoisotopic (exact) mass is 1680 g/mol. The number of aromatic nitrogens is 3. The standard InChI is InChI=1S/C77H112N22O15S3/c1-44(2)41-59-73(110)90-54(23-30-79)67(104)89-57(26-33-82)72(109)95-64(45(3)100)75(112)86-36-27-58(70(107)88-55(24-31-80)69(106)94-60(74(111)93-59)42-47-13-7-6-8-14-47)91-68(105)56(25-32-81)92-76(113)65(46(4)101)96-71(108)53(22-29-78)87-63(102)28-37-98(38-40-116-115-39-34-83)77(114)99-61-43-49(117-62-17-10-9-16-51(62)66(103)84-5)19-20-50(61)52(97-99)21-18-48-15-11-12-35-85-48/h6-21,35,43-46,53-60,64-65,100-101H,22-34,36-42,78-83H2,1-5H3,(H,84,103)(H,86,112)(H,87,102)(H,88,107)(H,89,104)(H,90,110)(H,91,105)(H,92,113)(H,93,111)(H,94,106)(H,95,109)(H,96,108)/b21-18+/t45-,46-,53+,54+,55+,56+,57+,58+,59+,60-,64+,65+/m1/s1. The number of carbonyl (C=O) groups is 13. The van der Waals surface area contributed by atoms with Crippen LogP contribution >= 0.6 is 33.3 Å². The van der Waals surface area contributed by atoms with Crippen LogP contribution in [0.25, 0.3) is 23.1 Å². The molecule has 1 fully saturated rings. The molecule has 26 N–H and O–H groups in total. The molecular formula is C77H112N22O15S3. The van der Waals surface area contributed by atoms with Crippen molar-refractivity contribution < 1.29 is 72.5 Å². The van der Waals surface area contributed by atoms with Crippen molar-refractivity contribution in [3.63, 3.8) is 0 Å². The van der Waals surface area contributed by atoms with Gasteiger partial charge >= 0.3 is 6.03 Å². The Bertz CT molecular complexity index is 4190. The molecule has 1 aliphatic rings. The first-order valence-electron chi connectivity index (χ1n) is 38.6. The van der Waals surface area contributed by atoms with Crippen LogP contribution in [0.15, 0.2) is 107 Å². The summed E-state index contributed by atoms with van der Waals surface area (Å²) in [5, 5.41) is 58.3. The summed E-state index contributed by atoms with van der Waals surface area (Å²) in [4.78, 5) is 193. The highest BCUT2D eigenvalue weighted by Crippen LogP contribution is 2.34. The van der Waals surface area contributed by atoms with Crippen molar-refractivity contribution in [2.24, 2.45) is 40.3 Å². The van der Waals surface area contributed by atoms with Crippen LogP contribution in [0.4, 0.5) is 4.79 Å². The van der Waals surface area contributed by atoms with Crippen molar-refractivity contribution in [3.05, 3.63) is 120 Å². The zero-order valence-corrected chi connectivity index (χ0v) is 68.7. The first-order valence-corrected chi connectivity index (χ1v) is 41.9. The van der Waals surface area contributed by atoms with Crippen molar-refractivity contribution in [2.45, 2.75) is 168 Å². The van der Waals surface area contributed by atoms with E-state index in [-0.39, 0.29) is 109 Å². The first kappa shape index (κ1) is 95.7. The number of nitrogens with two attached hydrogens (primary N) is 6. The summed E-state index contributed by atoms with van der Waals surface area (Å²) in [6, 6.07) is 10.1. The van der Waals surface area contributed by atoms with Gasteiger partial charge < -0.3 is 113 Å². The smallest absolute Gasteiger partial charge is 0.345 e. The number of carbonyl (C=O) groups excluding carboxylic acids is 13. The number of benzene rings is 3. The Kier molecular flexibility index (Phi) is 40.7. The minimum absolute atomic E-state index is 0.0167. The Balaban J connectivity index is 1.26. The first-order chi connectivity index (χ1) is 56.1. The van der Waals surface area contributed by atoms with Crippen LogP contribution < -0.4 is 98.2 Å². The summed E-state index contributed by atoms with van der Waals surface area (Å²) >= 11 is 1.30. The minimum atomic E-state index is -1.86. The van der Waals surface area contributed by atoms with Gasteiger partial charge in [-0.25, -0.2) is 4.79 Å². The zero-order valence-electron chi connectivity index (χ0n) is 66.2. The van der Waals surface area contributed by atoms with Gasteiger partial charge in [-0.15, -0.1) is 0 Å². The highest BCUT2D eigenvalue weighted by Gasteiger charge is 2.38. The number of rotatable bonds is 37. The topological polar surface area (TPSA) is 597 Å². The lowest BCUT2D eigenvalue weighted by Gasteiger charge is -2.29. The Morgan fingerprint density at radius 3 is 1.79 bits per heavy atom. The maximum absolute atomic E-state index is 15.1. The second-order valence-electron chi connectivity index (χ2n) is 28.0. The highest BCUT2D eigenvalue weighted by molar-refractivity contribution is 8.76. The molecule has 638 valence electrons. The van der Waals surface area contributed by atoms with Gasteiger partial charge in [0.15, 0.2) is 0 Å². The molecule has 0 saturated carbocycles. The van der Waals surface area contributed by atoms with Gasteiger partial charge in [0.2, 0.25) is 65.0 Å². The summed E-state index contributed by atoms with van der Waals surface area (Å²) < 4.78 is 1.24. The average molecular weight is 1680 g/mol. The van der Waals surface area contributed by atoms with Crippen LogP contribution in [0.2, 0.25) is 0 Å². The fourth-order valence-electron chi connectivity index (χ4n) is 12.2. The van der Waals surface area contributed by atoms with Crippen molar-refractivity contribution in [1.29, 1.82) is 0 Å². The molecule has 1 aliphatic heterocycles. The summed E-state index contributed by atoms with van der Waals surface area (Å²) in [5.41, 5.74) is 38.1. The van der Waals surface area contributed by atoms with E-state index in [1.165, 1.54) is 56.9 Å². The third kappa shape index (κ3) is 30.4. The second-order valence-corrected chi connectivity index (χ2v) is 31.8. The molecular weight excluding hydrogens is 1570 g/mol. The number of nitrogens with zero attached hydrogens (tertiary/aromatic N) is 4. The Morgan fingerprint density at radius 1 is 0.607 bits per heavy atom. The maximum Gasteiger partial charge on any atom is 0.345 e. The molecule has 37 nitrogen and oxygen atoms in total. The van der Waals surface area contributed by atoms with E-state index in [2.05, 4.69) is 68.8 Å². The van der Waals surface area contributed by atoms with Crippen molar-refractivity contribution in [2.75, 3.05) is 77.5 Å². The lowest BCUT2D eigenvalue weighted by Crippen LogP contribution is -2.62. The molecule has 13 amide bonds. The van der Waals surface area contributed by atoms with Gasteiger partial charge in [0.05, 0.1) is 34.7 Å². The molecule has 3 heterocycles. The molecule has 117 heavy (non-hydrogen) atoms. The Hall–Kier alpha value is -10.1. The molecule has 0 spiro atoms. The molecule has 0 aliphatic carbocycles. The van der Waals surface area contributed by atoms with Crippen molar-refractivity contribution in [3.8, 4) is 0 Å². The van der Waals surface area contributed by atoms with Gasteiger partial charge in [-0.2, -0.15) is 9.78 Å². The molecule has 5 aromatic rings. The number of aliphatic hydroxyl groups excluding tert-OH is 2. The number of hydrogen-bond donors (Lipinski definition) is 20. The zero-order chi connectivity index (χ0) is 85.7. The lowest BCUT2D eigenvalue weighted by molar-refractivity contribution is -0.137. The van der Waals surface area contributed by atoms with Gasteiger partial charge in [0.1, 0.15) is 60.4 Å². The van der Waals surface area contributed by atoms with Gasteiger partial charge in [0, 0.05) is 78.9 Å².